The number of fused-ring (bicyclic) bond motifs is 1. The van der Waals surface area contributed by atoms with Gasteiger partial charge < -0.3 is 5.32 Å². The van der Waals surface area contributed by atoms with Crippen LogP contribution in [-0.4, -0.2) is 16.9 Å². The monoisotopic (exact) mass is 345 g/mol. The van der Waals surface area contributed by atoms with Crippen LogP contribution < -0.4 is 10.2 Å². The predicted octanol–water partition coefficient (Wildman–Crippen LogP) is 4.07. The first-order valence-electron chi connectivity index (χ1n) is 8.94. The van der Waals surface area contributed by atoms with Crippen molar-refractivity contribution in [3.8, 4) is 11.1 Å². The summed E-state index contributed by atoms with van der Waals surface area (Å²) in [4.78, 5) is 19.5. The number of hydrogen-bond donors (Lipinski definition) is 1. The lowest BCUT2D eigenvalue weighted by Crippen LogP contribution is -2.37. The second kappa shape index (κ2) is 5.84. The smallest absolute Gasteiger partial charge is 0.241 e. The third-order valence-electron chi connectivity index (χ3n) is 5.19. The van der Waals surface area contributed by atoms with Crippen LogP contribution >= 0.6 is 0 Å². The highest BCUT2D eigenvalue weighted by molar-refractivity contribution is 6.10. The number of allylic oxidation sites excluding steroid dienone is 1. The molecule has 1 atom stereocenters. The fraction of sp³-hybridized carbons (Fsp3) is 0.273. The van der Waals surface area contributed by atoms with Crippen molar-refractivity contribution in [3.05, 3.63) is 71.8 Å². The normalized spacial score (nSPS) is 20.6. The second-order valence-corrected chi connectivity index (χ2v) is 7.57. The van der Waals surface area contributed by atoms with Crippen LogP contribution in [0.1, 0.15) is 32.0 Å². The molecule has 2 aromatic rings. The highest BCUT2D eigenvalue weighted by atomic mass is 16.2. The summed E-state index contributed by atoms with van der Waals surface area (Å²) >= 11 is 0. The molecule has 1 aromatic heterocycles. The van der Waals surface area contributed by atoms with Crippen LogP contribution in [0.25, 0.3) is 11.1 Å². The number of rotatable bonds is 2. The number of amides is 1. The van der Waals surface area contributed by atoms with Crippen molar-refractivity contribution in [1.29, 1.82) is 0 Å². The molecule has 0 aliphatic carbocycles. The summed E-state index contributed by atoms with van der Waals surface area (Å²) < 4.78 is 0. The molecule has 0 bridgehead atoms. The van der Waals surface area contributed by atoms with Gasteiger partial charge in [-0.3, -0.25) is 14.7 Å². The van der Waals surface area contributed by atoms with E-state index in [4.69, 9.17) is 0 Å². The van der Waals surface area contributed by atoms with E-state index in [1.54, 1.807) is 0 Å². The minimum atomic E-state index is -0.540. The van der Waals surface area contributed by atoms with E-state index in [2.05, 4.69) is 47.6 Å². The topological polar surface area (TPSA) is 45.2 Å². The van der Waals surface area contributed by atoms with Crippen LogP contribution in [0, 0.1) is 6.92 Å². The number of aryl methyl sites for hydroxylation is 1. The van der Waals surface area contributed by atoms with Crippen molar-refractivity contribution in [2.24, 2.45) is 0 Å². The molecule has 1 unspecified atom stereocenters. The lowest BCUT2D eigenvalue weighted by Gasteiger charge is -2.25. The van der Waals surface area contributed by atoms with Crippen molar-refractivity contribution in [2.45, 2.75) is 39.2 Å². The van der Waals surface area contributed by atoms with Gasteiger partial charge in [-0.2, -0.15) is 0 Å². The van der Waals surface area contributed by atoms with E-state index in [9.17, 15) is 4.79 Å². The number of pyridine rings is 1. The van der Waals surface area contributed by atoms with Crippen molar-refractivity contribution in [3.63, 3.8) is 0 Å². The van der Waals surface area contributed by atoms with Crippen LogP contribution in [0.2, 0.25) is 0 Å². The van der Waals surface area contributed by atoms with Gasteiger partial charge in [-0.25, -0.2) is 0 Å². The molecule has 0 fully saturated rings. The summed E-state index contributed by atoms with van der Waals surface area (Å²) in [5.41, 5.74) is 5.52. The van der Waals surface area contributed by atoms with E-state index in [1.165, 1.54) is 0 Å². The van der Waals surface area contributed by atoms with Crippen molar-refractivity contribution in [2.75, 3.05) is 4.90 Å². The number of benzene rings is 1. The highest BCUT2D eigenvalue weighted by Crippen LogP contribution is 2.45. The average molecular weight is 345 g/mol. The molecule has 1 amide bonds. The molecule has 0 radical (unpaired) electrons. The van der Waals surface area contributed by atoms with Crippen LogP contribution in [0.15, 0.2) is 60.6 Å². The first-order valence-corrected chi connectivity index (χ1v) is 8.94. The Labute approximate surface area is 154 Å². The number of carbonyl (C=O) groups is 1. The summed E-state index contributed by atoms with van der Waals surface area (Å²) in [6.45, 7) is 8.04. The highest BCUT2D eigenvalue weighted by Gasteiger charge is 2.45. The number of anilines is 1. The Hall–Kier alpha value is -2.88. The largest absolute Gasteiger partial charge is 0.385 e. The standard InChI is InChI=1S/C22H23N3O/c1-14-5-6-17(13-24-14)16-7-8-19-20(12-16)25(21(26)22(19,3)4)18-9-10-23-15(2)11-18/h5-13,15,23H,1-4H3. The molecule has 0 spiro atoms. The van der Waals surface area contributed by atoms with Gasteiger partial charge in [-0.05, 0) is 69.3 Å². The number of hydrogen-bond acceptors (Lipinski definition) is 3. The molecule has 0 saturated carbocycles. The Balaban J connectivity index is 1.85. The van der Waals surface area contributed by atoms with Crippen LogP contribution in [0.5, 0.6) is 0 Å². The lowest BCUT2D eigenvalue weighted by molar-refractivity contribution is -0.121. The first kappa shape index (κ1) is 16.6. The zero-order chi connectivity index (χ0) is 18.5. The van der Waals surface area contributed by atoms with E-state index in [-0.39, 0.29) is 11.9 Å². The Bertz CT molecular complexity index is 938. The summed E-state index contributed by atoms with van der Waals surface area (Å²) in [7, 11) is 0. The molecule has 1 N–H and O–H groups in total. The third-order valence-corrected chi connectivity index (χ3v) is 5.19. The SMILES string of the molecule is Cc1ccc(-c2ccc3c(c2)N(C2=CC(C)NC=C2)C(=O)C3(C)C)cn1. The van der Waals surface area contributed by atoms with E-state index >= 15 is 0 Å². The maximum atomic E-state index is 13.2. The number of dihydropyridines is 1. The van der Waals surface area contributed by atoms with E-state index in [0.717, 1.165) is 33.8 Å². The Kier molecular flexibility index (Phi) is 3.72. The molecule has 3 heterocycles. The Morgan fingerprint density at radius 3 is 2.62 bits per heavy atom. The lowest BCUT2D eigenvalue weighted by atomic mass is 9.85. The van der Waals surface area contributed by atoms with Crippen molar-refractivity contribution < 1.29 is 4.79 Å². The van der Waals surface area contributed by atoms with Gasteiger partial charge in [-0.1, -0.05) is 18.2 Å². The summed E-state index contributed by atoms with van der Waals surface area (Å²) in [5, 5.41) is 3.23. The van der Waals surface area contributed by atoms with Crippen molar-refractivity contribution >= 4 is 11.6 Å². The van der Waals surface area contributed by atoms with Gasteiger partial charge in [0.05, 0.1) is 11.1 Å². The number of nitrogens with zero attached hydrogens (tertiary/aromatic N) is 2. The second-order valence-electron chi connectivity index (χ2n) is 7.57. The number of nitrogens with one attached hydrogen (secondary N) is 1. The molecule has 26 heavy (non-hydrogen) atoms. The van der Waals surface area contributed by atoms with E-state index < -0.39 is 5.41 Å². The minimum Gasteiger partial charge on any atom is -0.385 e. The van der Waals surface area contributed by atoms with Crippen LogP contribution in [-0.2, 0) is 10.2 Å². The third kappa shape index (κ3) is 2.53. The van der Waals surface area contributed by atoms with Crippen LogP contribution in [0.3, 0.4) is 0 Å². The maximum Gasteiger partial charge on any atom is 0.241 e. The fourth-order valence-electron chi connectivity index (χ4n) is 3.62. The molecule has 4 heteroatoms. The van der Waals surface area contributed by atoms with Gasteiger partial charge in [0.15, 0.2) is 0 Å². The molecule has 0 saturated heterocycles. The van der Waals surface area contributed by atoms with Gasteiger partial charge in [0, 0.05) is 29.2 Å². The molecule has 1 aromatic carbocycles. The molecular weight excluding hydrogens is 322 g/mol. The fourth-order valence-corrected chi connectivity index (χ4v) is 3.62. The molecule has 2 aliphatic rings. The van der Waals surface area contributed by atoms with Gasteiger partial charge >= 0.3 is 0 Å². The number of aromatic nitrogens is 1. The number of carbonyl (C=O) groups excluding carboxylic acids is 1. The average Bonchev–Trinajstić information content (AvgIpc) is 2.81. The molecule has 4 rings (SSSR count). The minimum absolute atomic E-state index is 0.108. The Morgan fingerprint density at radius 2 is 1.92 bits per heavy atom. The van der Waals surface area contributed by atoms with Gasteiger partial charge in [0.25, 0.3) is 0 Å². The maximum absolute atomic E-state index is 13.2. The Morgan fingerprint density at radius 1 is 1.15 bits per heavy atom. The van der Waals surface area contributed by atoms with Gasteiger partial charge in [0.2, 0.25) is 5.91 Å². The predicted molar refractivity (Wildman–Crippen MR) is 105 cm³/mol. The summed E-state index contributed by atoms with van der Waals surface area (Å²) in [6.07, 6.45) is 7.84. The zero-order valence-electron chi connectivity index (χ0n) is 15.6. The van der Waals surface area contributed by atoms with E-state index in [1.807, 2.05) is 50.2 Å². The van der Waals surface area contributed by atoms with Crippen LogP contribution in [0.4, 0.5) is 5.69 Å². The van der Waals surface area contributed by atoms with E-state index in [0.29, 0.717) is 0 Å². The first-order chi connectivity index (χ1) is 12.4. The summed E-state index contributed by atoms with van der Waals surface area (Å²) in [6, 6.07) is 10.5. The molecule has 132 valence electrons. The van der Waals surface area contributed by atoms with Crippen molar-refractivity contribution in [1.82, 2.24) is 10.3 Å². The molecule has 2 aliphatic heterocycles. The molecular formula is C22H23N3O. The van der Waals surface area contributed by atoms with Gasteiger partial charge in [-0.15, -0.1) is 0 Å². The van der Waals surface area contributed by atoms with Gasteiger partial charge in [0.1, 0.15) is 0 Å². The summed E-state index contributed by atoms with van der Waals surface area (Å²) in [5.74, 6) is 0.108. The zero-order valence-corrected chi connectivity index (χ0v) is 15.6. The molecule has 4 nitrogen and oxygen atoms in total. The quantitative estimate of drug-likeness (QED) is 0.892.